The van der Waals surface area contributed by atoms with Crippen LogP contribution in [-0.2, 0) is 9.47 Å². The van der Waals surface area contributed by atoms with Gasteiger partial charge in [0.1, 0.15) is 0 Å². The van der Waals surface area contributed by atoms with Crippen molar-refractivity contribution in [2.45, 2.75) is 40.4 Å². The highest BCUT2D eigenvalue weighted by Crippen LogP contribution is 2.35. The van der Waals surface area contributed by atoms with Gasteiger partial charge in [0.05, 0.1) is 24.7 Å². The zero-order valence-corrected chi connectivity index (χ0v) is 10.6. The molecule has 3 heteroatoms. The fourth-order valence-corrected chi connectivity index (χ4v) is 1.80. The standard InChI is InChI=1S/C13H21NO2/c1-10(2)5-6-11(13(3,4)9-14)12-15-7-8-16-12/h5,11-12H,6-8H2,1-4H3. The van der Waals surface area contributed by atoms with Gasteiger partial charge in [0.25, 0.3) is 0 Å². The fraction of sp³-hybridized carbons (Fsp3) is 0.769. The molecule has 0 bridgehead atoms. The van der Waals surface area contributed by atoms with E-state index in [1.54, 1.807) is 0 Å². The van der Waals surface area contributed by atoms with Crippen LogP contribution in [0.1, 0.15) is 34.1 Å². The molecule has 3 nitrogen and oxygen atoms in total. The Balaban J connectivity index is 2.77. The van der Waals surface area contributed by atoms with Crippen LogP contribution in [0.5, 0.6) is 0 Å². The zero-order chi connectivity index (χ0) is 12.2. The molecule has 0 saturated carbocycles. The quantitative estimate of drug-likeness (QED) is 0.688. The molecule has 90 valence electrons. The highest BCUT2D eigenvalue weighted by atomic mass is 16.7. The smallest absolute Gasteiger partial charge is 0.162 e. The molecule has 0 radical (unpaired) electrons. The van der Waals surface area contributed by atoms with Crippen molar-refractivity contribution in [3.8, 4) is 6.07 Å². The minimum Gasteiger partial charge on any atom is -0.350 e. The van der Waals surface area contributed by atoms with Crippen LogP contribution in [0.2, 0.25) is 0 Å². The van der Waals surface area contributed by atoms with E-state index in [1.165, 1.54) is 5.57 Å². The number of nitrogens with zero attached hydrogens (tertiary/aromatic N) is 1. The monoisotopic (exact) mass is 223 g/mol. The van der Waals surface area contributed by atoms with Crippen LogP contribution in [0.4, 0.5) is 0 Å². The lowest BCUT2D eigenvalue weighted by molar-refractivity contribution is -0.105. The molecule has 1 aliphatic heterocycles. The van der Waals surface area contributed by atoms with Crippen LogP contribution in [0.3, 0.4) is 0 Å². The summed E-state index contributed by atoms with van der Waals surface area (Å²) in [5.41, 5.74) is 0.831. The lowest BCUT2D eigenvalue weighted by Gasteiger charge is -2.30. The Morgan fingerprint density at radius 2 is 2.00 bits per heavy atom. The van der Waals surface area contributed by atoms with Gasteiger partial charge in [-0.15, -0.1) is 0 Å². The highest BCUT2D eigenvalue weighted by Gasteiger charge is 2.38. The maximum atomic E-state index is 9.21. The van der Waals surface area contributed by atoms with Crippen molar-refractivity contribution in [2.24, 2.45) is 11.3 Å². The summed E-state index contributed by atoms with van der Waals surface area (Å²) in [5, 5.41) is 9.21. The first-order chi connectivity index (χ1) is 7.47. The van der Waals surface area contributed by atoms with Crippen LogP contribution in [0.15, 0.2) is 11.6 Å². The summed E-state index contributed by atoms with van der Waals surface area (Å²) in [4.78, 5) is 0. The first-order valence-corrected chi connectivity index (χ1v) is 5.75. The third-order valence-corrected chi connectivity index (χ3v) is 2.97. The van der Waals surface area contributed by atoms with Gasteiger partial charge in [-0.05, 0) is 34.1 Å². The molecular weight excluding hydrogens is 202 g/mol. The van der Waals surface area contributed by atoms with Crippen molar-refractivity contribution in [3.63, 3.8) is 0 Å². The van der Waals surface area contributed by atoms with Crippen LogP contribution < -0.4 is 0 Å². The summed E-state index contributed by atoms with van der Waals surface area (Å²) >= 11 is 0. The van der Waals surface area contributed by atoms with Gasteiger partial charge in [0.2, 0.25) is 0 Å². The van der Waals surface area contributed by atoms with Gasteiger partial charge in [0, 0.05) is 5.92 Å². The Morgan fingerprint density at radius 1 is 1.44 bits per heavy atom. The first kappa shape index (κ1) is 13.2. The molecule has 0 N–H and O–H groups in total. The lowest BCUT2D eigenvalue weighted by Crippen LogP contribution is -2.33. The van der Waals surface area contributed by atoms with Crippen molar-refractivity contribution in [1.82, 2.24) is 0 Å². The summed E-state index contributed by atoms with van der Waals surface area (Å²) in [6, 6.07) is 2.35. The third-order valence-electron chi connectivity index (χ3n) is 2.97. The summed E-state index contributed by atoms with van der Waals surface area (Å²) in [6.45, 7) is 9.29. The van der Waals surface area contributed by atoms with Gasteiger partial charge >= 0.3 is 0 Å². The van der Waals surface area contributed by atoms with Gasteiger partial charge in [0.15, 0.2) is 6.29 Å². The van der Waals surface area contributed by atoms with Crippen molar-refractivity contribution < 1.29 is 9.47 Å². The molecule has 1 fully saturated rings. The lowest BCUT2D eigenvalue weighted by atomic mass is 9.77. The zero-order valence-electron chi connectivity index (χ0n) is 10.6. The van der Waals surface area contributed by atoms with E-state index in [4.69, 9.17) is 9.47 Å². The Bertz CT molecular complexity index is 292. The summed E-state index contributed by atoms with van der Waals surface area (Å²) in [5.74, 6) is 0.0925. The molecule has 1 rings (SSSR count). The molecule has 1 aliphatic rings. The number of allylic oxidation sites excluding steroid dienone is 2. The van der Waals surface area contributed by atoms with Gasteiger partial charge in [-0.2, -0.15) is 5.26 Å². The molecule has 0 amide bonds. The topological polar surface area (TPSA) is 42.2 Å². The Kier molecular flexibility index (Phi) is 4.52. The van der Waals surface area contributed by atoms with Gasteiger partial charge in [-0.25, -0.2) is 0 Å². The minimum atomic E-state index is -0.430. The van der Waals surface area contributed by atoms with E-state index in [0.717, 1.165) is 6.42 Å². The number of hydrogen-bond donors (Lipinski definition) is 0. The van der Waals surface area contributed by atoms with E-state index < -0.39 is 5.41 Å². The number of ether oxygens (including phenoxy) is 2. The maximum absolute atomic E-state index is 9.21. The number of nitriles is 1. The predicted molar refractivity (Wildman–Crippen MR) is 62.6 cm³/mol. The first-order valence-electron chi connectivity index (χ1n) is 5.75. The van der Waals surface area contributed by atoms with Crippen LogP contribution in [-0.4, -0.2) is 19.5 Å². The van der Waals surface area contributed by atoms with Crippen LogP contribution in [0, 0.1) is 22.7 Å². The van der Waals surface area contributed by atoms with E-state index in [1.807, 2.05) is 13.8 Å². The Hall–Kier alpha value is -0.850. The molecule has 16 heavy (non-hydrogen) atoms. The van der Waals surface area contributed by atoms with E-state index in [9.17, 15) is 5.26 Å². The van der Waals surface area contributed by atoms with Crippen LogP contribution >= 0.6 is 0 Å². The van der Waals surface area contributed by atoms with Crippen molar-refractivity contribution in [1.29, 1.82) is 5.26 Å². The average Bonchev–Trinajstić information content (AvgIpc) is 2.70. The Morgan fingerprint density at radius 3 is 2.44 bits per heavy atom. The summed E-state index contributed by atoms with van der Waals surface area (Å²) in [6.07, 6.45) is 2.74. The second kappa shape index (κ2) is 5.47. The molecule has 1 saturated heterocycles. The highest BCUT2D eigenvalue weighted by molar-refractivity contribution is 5.03. The maximum Gasteiger partial charge on any atom is 0.162 e. The molecule has 0 aliphatic carbocycles. The summed E-state index contributed by atoms with van der Waals surface area (Å²) in [7, 11) is 0. The second-order valence-electron chi connectivity index (χ2n) is 5.07. The van der Waals surface area contributed by atoms with Gasteiger partial charge < -0.3 is 9.47 Å². The second-order valence-corrected chi connectivity index (χ2v) is 5.07. The molecular formula is C13H21NO2. The van der Waals surface area contributed by atoms with Crippen molar-refractivity contribution in [3.05, 3.63) is 11.6 Å². The fourth-order valence-electron chi connectivity index (χ4n) is 1.80. The van der Waals surface area contributed by atoms with Crippen molar-refractivity contribution >= 4 is 0 Å². The molecule has 1 heterocycles. The van der Waals surface area contributed by atoms with E-state index >= 15 is 0 Å². The number of rotatable bonds is 4. The van der Waals surface area contributed by atoms with E-state index in [-0.39, 0.29) is 12.2 Å². The SMILES string of the molecule is CC(C)=CCC(C1OCCO1)C(C)(C)C#N. The molecule has 0 aromatic carbocycles. The minimum absolute atomic E-state index is 0.0925. The van der Waals surface area contributed by atoms with E-state index in [2.05, 4.69) is 26.0 Å². The van der Waals surface area contributed by atoms with E-state index in [0.29, 0.717) is 13.2 Å². The normalized spacial score (nSPS) is 19.2. The van der Waals surface area contributed by atoms with Crippen molar-refractivity contribution in [2.75, 3.05) is 13.2 Å². The molecule has 0 spiro atoms. The van der Waals surface area contributed by atoms with Gasteiger partial charge in [-0.1, -0.05) is 11.6 Å². The van der Waals surface area contributed by atoms with Gasteiger partial charge in [-0.3, -0.25) is 0 Å². The molecule has 1 unspecified atom stereocenters. The average molecular weight is 223 g/mol. The molecule has 0 aromatic rings. The third kappa shape index (κ3) is 3.33. The Labute approximate surface area is 98.0 Å². The molecule has 0 aromatic heterocycles. The largest absolute Gasteiger partial charge is 0.350 e. The predicted octanol–water partition coefficient (Wildman–Crippen LogP) is 2.88. The summed E-state index contributed by atoms with van der Waals surface area (Å²) < 4.78 is 11.1. The molecule has 1 atom stereocenters. The van der Waals surface area contributed by atoms with Crippen LogP contribution in [0.25, 0.3) is 0 Å². The number of hydrogen-bond acceptors (Lipinski definition) is 3.